The molecular formula is C23H29N4O2S+. The van der Waals surface area contributed by atoms with Gasteiger partial charge >= 0.3 is 0 Å². The molecule has 0 bridgehead atoms. The van der Waals surface area contributed by atoms with Crippen LogP contribution >= 0.6 is 11.3 Å². The second kappa shape index (κ2) is 8.88. The number of aryl methyl sites for hydroxylation is 2. The van der Waals surface area contributed by atoms with Gasteiger partial charge in [-0.3, -0.25) is 4.79 Å². The highest BCUT2D eigenvalue weighted by atomic mass is 32.1. The van der Waals surface area contributed by atoms with Gasteiger partial charge in [-0.2, -0.15) is 0 Å². The van der Waals surface area contributed by atoms with Crippen LogP contribution in [0.4, 0.5) is 5.95 Å². The molecule has 30 heavy (non-hydrogen) atoms. The first kappa shape index (κ1) is 19.7. The second-order valence-corrected chi connectivity index (χ2v) is 9.28. The Morgan fingerprint density at radius 3 is 2.73 bits per heavy atom. The van der Waals surface area contributed by atoms with Gasteiger partial charge in [0.1, 0.15) is 17.9 Å². The summed E-state index contributed by atoms with van der Waals surface area (Å²) >= 11 is 1.72. The van der Waals surface area contributed by atoms with Crippen molar-refractivity contribution in [2.45, 2.75) is 32.1 Å². The summed E-state index contributed by atoms with van der Waals surface area (Å²) in [7, 11) is 0. The molecule has 3 heterocycles. The highest BCUT2D eigenvalue weighted by Gasteiger charge is 2.22. The zero-order valence-electron chi connectivity index (χ0n) is 17.3. The molecule has 0 radical (unpaired) electrons. The lowest BCUT2D eigenvalue weighted by atomic mass is 10.1. The van der Waals surface area contributed by atoms with Crippen LogP contribution in [0.5, 0.6) is 0 Å². The van der Waals surface area contributed by atoms with Crippen LogP contribution in [0.25, 0.3) is 15.9 Å². The number of quaternary nitrogens is 1. The molecule has 3 aromatic rings. The van der Waals surface area contributed by atoms with E-state index in [0.717, 1.165) is 74.6 Å². The standard InChI is InChI=1S/C23H28N4O2S/c28-22-20-18-9-5-2-6-10-19(18)30-21(20)25-23(27(22)17-7-3-1-4-8-17)24-11-12-26-13-15-29-16-14-26/h1,3-4,7-8H,2,5-6,9-16H2,(H,24,25)/p+1. The maximum atomic E-state index is 13.7. The van der Waals surface area contributed by atoms with E-state index >= 15 is 0 Å². The number of hydrogen-bond acceptors (Lipinski definition) is 5. The second-order valence-electron chi connectivity index (χ2n) is 8.20. The van der Waals surface area contributed by atoms with E-state index in [1.165, 1.54) is 28.2 Å². The third-order valence-electron chi connectivity index (χ3n) is 6.21. The van der Waals surface area contributed by atoms with Crippen molar-refractivity contribution >= 4 is 27.5 Å². The number of nitrogens with one attached hydrogen (secondary N) is 2. The molecule has 0 atom stereocenters. The molecule has 2 aromatic heterocycles. The van der Waals surface area contributed by atoms with Crippen molar-refractivity contribution in [3.63, 3.8) is 0 Å². The molecule has 1 fully saturated rings. The summed E-state index contributed by atoms with van der Waals surface area (Å²) in [5.74, 6) is 0.655. The Kier molecular flexibility index (Phi) is 5.84. The molecule has 6 nitrogen and oxygen atoms in total. The van der Waals surface area contributed by atoms with Crippen LogP contribution in [0.3, 0.4) is 0 Å². The molecule has 2 aliphatic rings. The number of morpholine rings is 1. The van der Waals surface area contributed by atoms with Crippen LogP contribution in [0, 0.1) is 0 Å². The normalized spacial score (nSPS) is 17.6. The van der Waals surface area contributed by atoms with Crippen LogP contribution in [0.15, 0.2) is 35.1 Å². The first-order chi connectivity index (χ1) is 14.8. The van der Waals surface area contributed by atoms with Gasteiger partial charge < -0.3 is 15.0 Å². The monoisotopic (exact) mass is 425 g/mol. The maximum absolute atomic E-state index is 13.7. The van der Waals surface area contributed by atoms with Crippen molar-refractivity contribution in [2.24, 2.45) is 0 Å². The van der Waals surface area contributed by atoms with Gasteiger partial charge in [0.25, 0.3) is 5.56 Å². The predicted molar refractivity (Wildman–Crippen MR) is 121 cm³/mol. The molecule has 0 spiro atoms. The Morgan fingerprint density at radius 2 is 1.90 bits per heavy atom. The smallest absolute Gasteiger partial charge is 0.268 e. The molecule has 158 valence electrons. The minimum absolute atomic E-state index is 0.0619. The molecule has 1 aliphatic carbocycles. The number of ether oxygens (including phenoxy) is 1. The van der Waals surface area contributed by atoms with Gasteiger partial charge in [0.2, 0.25) is 5.95 Å². The van der Waals surface area contributed by atoms with Crippen LogP contribution in [-0.4, -0.2) is 48.9 Å². The van der Waals surface area contributed by atoms with Gasteiger partial charge in [0.05, 0.1) is 37.4 Å². The van der Waals surface area contributed by atoms with E-state index in [1.807, 2.05) is 30.3 Å². The maximum Gasteiger partial charge on any atom is 0.268 e. The van der Waals surface area contributed by atoms with Crippen molar-refractivity contribution in [2.75, 3.05) is 44.7 Å². The molecule has 2 N–H and O–H groups in total. The molecule has 5 rings (SSSR count). The van der Waals surface area contributed by atoms with Gasteiger partial charge in [-0.05, 0) is 43.4 Å². The molecule has 1 aliphatic heterocycles. The van der Waals surface area contributed by atoms with Crippen LogP contribution in [0.2, 0.25) is 0 Å². The Hall–Kier alpha value is -2.22. The highest BCUT2D eigenvalue weighted by Crippen LogP contribution is 2.34. The average Bonchev–Trinajstić information content (AvgIpc) is 2.96. The highest BCUT2D eigenvalue weighted by molar-refractivity contribution is 7.18. The summed E-state index contributed by atoms with van der Waals surface area (Å²) in [5.41, 5.74) is 2.18. The average molecular weight is 426 g/mol. The van der Waals surface area contributed by atoms with E-state index in [1.54, 1.807) is 15.9 Å². The minimum Gasteiger partial charge on any atom is -0.370 e. The quantitative estimate of drug-likeness (QED) is 0.615. The van der Waals surface area contributed by atoms with Crippen molar-refractivity contribution in [1.82, 2.24) is 9.55 Å². The third kappa shape index (κ3) is 3.89. The van der Waals surface area contributed by atoms with Gasteiger partial charge in [0.15, 0.2) is 0 Å². The van der Waals surface area contributed by atoms with Gasteiger partial charge in [0, 0.05) is 4.88 Å². The summed E-state index contributed by atoms with van der Waals surface area (Å²) in [6.07, 6.45) is 5.68. The molecule has 0 amide bonds. The van der Waals surface area contributed by atoms with Crippen LogP contribution in [-0.2, 0) is 17.6 Å². The molecule has 1 saturated heterocycles. The third-order valence-corrected chi connectivity index (χ3v) is 7.40. The number of para-hydroxylation sites is 1. The van der Waals surface area contributed by atoms with E-state index in [2.05, 4.69) is 5.32 Å². The first-order valence-electron chi connectivity index (χ1n) is 11.1. The van der Waals surface area contributed by atoms with E-state index in [4.69, 9.17) is 9.72 Å². The topological polar surface area (TPSA) is 60.6 Å². The summed E-state index contributed by atoms with van der Waals surface area (Å²) < 4.78 is 7.23. The number of benzene rings is 1. The largest absolute Gasteiger partial charge is 0.370 e. The fourth-order valence-electron chi connectivity index (χ4n) is 4.58. The van der Waals surface area contributed by atoms with Crippen LogP contribution in [0.1, 0.15) is 29.7 Å². The van der Waals surface area contributed by atoms with Crippen molar-refractivity contribution in [3.05, 3.63) is 51.1 Å². The molecule has 1 aromatic carbocycles. The molecule has 0 unspecified atom stereocenters. The molecular weight excluding hydrogens is 396 g/mol. The summed E-state index contributed by atoms with van der Waals surface area (Å²) in [4.78, 5) is 22.5. The number of fused-ring (bicyclic) bond motifs is 3. The van der Waals surface area contributed by atoms with Crippen molar-refractivity contribution < 1.29 is 9.64 Å². The van der Waals surface area contributed by atoms with E-state index in [9.17, 15) is 4.79 Å². The Balaban J connectivity index is 1.53. The number of nitrogens with zero attached hydrogens (tertiary/aromatic N) is 2. The number of hydrogen-bond donors (Lipinski definition) is 2. The lowest BCUT2D eigenvalue weighted by molar-refractivity contribution is -0.906. The number of thiophene rings is 1. The molecule has 0 saturated carbocycles. The minimum atomic E-state index is 0.0619. The number of rotatable bonds is 5. The summed E-state index contributed by atoms with van der Waals surface area (Å²) in [5, 5.41) is 4.32. The van der Waals surface area contributed by atoms with Crippen LogP contribution < -0.4 is 15.8 Å². The summed E-state index contributed by atoms with van der Waals surface area (Å²) in [6.45, 7) is 5.51. The summed E-state index contributed by atoms with van der Waals surface area (Å²) in [6, 6.07) is 9.90. The predicted octanol–water partition coefficient (Wildman–Crippen LogP) is 2.04. The zero-order chi connectivity index (χ0) is 20.3. The SMILES string of the molecule is O=c1c2c3c(sc2nc(NCC[NH+]2CCOCC2)n1-c1ccccc1)CCCCC3. The Labute approximate surface area is 180 Å². The van der Waals surface area contributed by atoms with E-state index < -0.39 is 0 Å². The van der Waals surface area contributed by atoms with E-state index in [0.29, 0.717) is 5.95 Å². The zero-order valence-corrected chi connectivity index (χ0v) is 18.1. The number of anilines is 1. The molecule has 7 heteroatoms. The van der Waals surface area contributed by atoms with Gasteiger partial charge in [-0.25, -0.2) is 9.55 Å². The first-order valence-corrected chi connectivity index (χ1v) is 11.9. The Morgan fingerprint density at radius 1 is 1.10 bits per heavy atom. The van der Waals surface area contributed by atoms with Gasteiger partial charge in [-0.15, -0.1) is 11.3 Å². The Bertz CT molecular complexity index is 1070. The number of aromatic nitrogens is 2. The fourth-order valence-corrected chi connectivity index (χ4v) is 5.83. The van der Waals surface area contributed by atoms with Crippen molar-refractivity contribution in [3.8, 4) is 5.69 Å². The fraction of sp³-hybridized carbons (Fsp3) is 0.478. The van der Waals surface area contributed by atoms with Gasteiger partial charge in [-0.1, -0.05) is 24.6 Å². The lowest BCUT2D eigenvalue weighted by Crippen LogP contribution is -3.14. The van der Waals surface area contributed by atoms with Crippen molar-refractivity contribution in [1.29, 1.82) is 0 Å². The lowest BCUT2D eigenvalue weighted by Gasteiger charge is -2.24. The van der Waals surface area contributed by atoms with E-state index in [-0.39, 0.29) is 5.56 Å².